The van der Waals surface area contributed by atoms with Gasteiger partial charge in [0.1, 0.15) is 28.8 Å². The van der Waals surface area contributed by atoms with Crippen molar-refractivity contribution in [3.05, 3.63) is 105 Å². The van der Waals surface area contributed by atoms with Gasteiger partial charge in [-0.1, -0.05) is 29.3 Å². The standard InChI is InChI=1S/C17H11Cl2F3O5.C12H9F2N5O2S.C3H8NO5P/c1-8(15(23)24)26-16(25)11-7-10(3-4-12(11)18)27-14-5-2-9(6-13(14)19)17(20,21)22;1-7-5-6-19-11(15-7)16-12(17-19)22(20,21)18-10-8(13)3-2-4-9(10)14;5-3(6)1-4-2-10(7,8)9/h2-8H,1H3,(H,23,24);2-6,18H,1H3;4H,1-2H2,(H,5,6)(H2,7,8,9)/t8-;;/m0../s1. The Hall–Kier alpha value is -5.49. The van der Waals surface area contributed by atoms with Crippen LogP contribution in [0.1, 0.15) is 28.5 Å². The smallest absolute Gasteiger partial charge is 0.416 e. The van der Waals surface area contributed by atoms with Crippen LogP contribution in [-0.4, -0.2) is 84.8 Å². The monoisotopic (exact) mass is 916 g/mol. The number of aryl methyl sites for hydroxylation is 1. The van der Waals surface area contributed by atoms with E-state index in [-0.39, 0.29) is 32.9 Å². The highest BCUT2D eigenvalue weighted by Gasteiger charge is 2.31. The van der Waals surface area contributed by atoms with Crippen LogP contribution in [0.2, 0.25) is 10.0 Å². The van der Waals surface area contributed by atoms with Crippen LogP contribution in [-0.2, 0) is 35.1 Å². The third-order valence-electron chi connectivity index (χ3n) is 6.64. The summed E-state index contributed by atoms with van der Waals surface area (Å²) >= 11 is 11.7. The summed E-state index contributed by atoms with van der Waals surface area (Å²) in [6, 6.07) is 10.9. The molecule has 318 valence electrons. The summed E-state index contributed by atoms with van der Waals surface area (Å²) in [5.74, 6) is -5.55. The fraction of sp³-hybridized carbons (Fsp3) is 0.188. The molecule has 5 aromatic rings. The van der Waals surface area contributed by atoms with Gasteiger partial charge >= 0.3 is 31.7 Å². The number of hydrogen-bond donors (Lipinski definition) is 6. The summed E-state index contributed by atoms with van der Waals surface area (Å²) in [6.45, 7) is 2.43. The van der Waals surface area contributed by atoms with Crippen molar-refractivity contribution in [1.82, 2.24) is 24.9 Å². The van der Waals surface area contributed by atoms with E-state index in [0.29, 0.717) is 11.8 Å². The maximum absolute atomic E-state index is 13.5. The van der Waals surface area contributed by atoms with Gasteiger partial charge in [0.25, 0.3) is 21.0 Å². The lowest BCUT2D eigenvalue weighted by Crippen LogP contribution is -2.23. The van der Waals surface area contributed by atoms with Crippen molar-refractivity contribution in [2.24, 2.45) is 0 Å². The molecular formula is C32H28Cl2F5N6O12PS. The number of carboxylic acid groups (broad SMARTS) is 2. The third kappa shape index (κ3) is 14.7. The van der Waals surface area contributed by atoms with E-state index in [1.165, 1.54) is 18.3 Å². The van der Waals surface area contributed by atoms with Crippen LogP contribution < -0.4 is 14.8 Å². The number of sulfonamides is 1. The zero-order valence-electron chi connectivity index (χ0n) is 29.7. The summed E-state index contributed by atoms with van der Waals surface area (Å²) in [5.41, 5.74) is -1.28. The SMILES string of the molecule is C[C@H](OC(=O)c1cc(Oc2ccc(C(F)(F)F)cc2Cl)ccc1Cl)C(=O)O.Cc1ccn2nc(S(=O)(=O)Nc3c(F)cccc3F)nc2n1.O=C(O)CNCP(=O)(O)O. The molecule has 5 rings (SSSR count). The molecule has 0 radical (unpaired) electrons. The number of benzene rings is 3. The minimum atomic E-state index is -4.56. The molecule has 0 bridgehead atoms. The average molecular weight is 918 g/mol. The number of alkyl halides is 3. The zero-order chi connectivity index (χ0) is 44.5. The second kappa shape index (κ2) is 20.0. The number of carbonyl (C=O) groups is 3. The molecule has 2 aromatic heterocycles. The van der Waals surface area contributed by atoms with Crippen molar-refractivity contribution >= 4 is 70.2 Å². The maximum atomic E-state index is 13.5. The van der Waals surface area contributed by atoms with E-state index in [9.17, 15) is 49.3 Å². The van der Waals surface area contributed by atoms with Gasteiger partial charge in [0.05, 0.1) is 34.0 Å². The average Bonchev–Trinajstić information content (AvgIpc) is 3.55. The third-order valence-corrected chi connectivity index (χ3v) is 9.02. The minimum Gasteiger partial charge on any atom is -0.480 e. The van der Waals surface area contributed by atoms with Crippen molar-refractivity contribution < 1.29 is 78.8 Å². The van der Waals surface area contributed by atoms with E-state index >= 15 is 0 Å². The van der Waals surface area contributed by atoms with E-state index in [2.05, 4.69) is 20.4 Å². The molecule has 0 unspecified atom stereocenters. The fourth-order valence-corrected chi connectivity index (χ4v) is 5.70. The predicted octanol–water partition coefficient (Wildman–Crippen LogP) is 5.74. The van der Waals surface area contributed by atoms with Crippen LogP contribution in [0.25, 0.3) is 5.78 Å². The number of carbonyl (C=O) groups excluding carboxylic acids is 1. The summed E-state index contributed by atoms with van der Waals surface area (Å²) < 4.78 is 112. The first-order valence-corrected chi connectivity index (χ1v) is 19.7. The Kier molecular flexibility index (Phi) is 16.2. The summed E-state index contributed by atoms with van der Waals surface area (Å²) in [5, 5.41) is 21.6. The Morgan fingerprint density at radius 2 is 1.61 bits per heavy atom. The highest BCUT2D eigenvalue weighted by Crippen LogP contribution is 2.37. The minimum absolute atomic E-state index is 0.0246. The number of halogens is 7. The van der Waals surface area contributed by atoms with Gasteiger partial charge in [-0.15, -0.1) is 5.10 Å². The van der Waals surface area contributed by atoms with Crippen LogP contribution in [0.15, 0.2) is 72.0 Å². The van der Waals surface area contributed by atoms with E-state index in [4.69, 9.17) is 52.7 Å². The Bertz CT molecular complexity index is 2490. The zero-order valence-corrected chi connectivity index (χ0v) is 32.9. The molecule has 0 fully saturated rings. The van der Waals surface area contributed by atoms with Gasteiger partial charge in [-0.05, 0) is 68.4 Å². The number of aliphatic carboxylic acids is 2. The first-order chi connectivity index (χ1) is 27.3. The number of hydrogen-bond acceptors (Lipinski definition) is 12. The number of nitrogens with one attached hydrogen (secondary N) is 2. The molecule has 27 heteroatoms. The van der Waals surface area contributed by atoms with Crippen molar-refractivity contribution in [3.8, 4) is 11.5 Å². The molecule has 0 saturated carbocycles. The number of rotatable bonds is 12. The molecule has 0 aliphatic heterocycles. The second-order valence-electron chi connectivity index (χ2n) is 11.3. The summed E-state index contributed by atoms with van der Waals surface area (Å²) in [6.07, 6.45) is -5.07. The molecule has 3 aromatic carbocycles. The quantitative estimate of drug-likeness (QED) is 0.0495. The van der Waals surface area contributed by atoms with Gasteiger partial charge in [0.2, 0.25) is 0 Å². The van der Waals surface area contributed by atoms with Crippen molar-refractivity contribution in [2.75, 3.05) is 17.6 Å². The molecule has 1 atom stereocenters. The van der Waals surface area contributed by atoms with E-state index in [0.717, 1.165) is 47.8 Å². The van der Waals surface area contributed by atoms with E-state index in [1.54, 1.807) is 17.7 Å². The number of esters is 1. The highest BCUT2D eigenvalue weighted by molar-refractivity contribution is 7.92. The van der Waals surface area contributed by atoms with E-state index in [1.807, 2.05) is 0 Å². The first-order valence-electron chi connectivity index (χ1n) is 15.7. The van der Waals surface area contributed by atoms with Gasteiger partial charge < -0.3 is 29.5 Å². The predicted molar refractivity (Wildman–Crippen MR) is 196 cm³/mol. The van der Waals surface area contributed by atoms with Gasteiger partial charge in [-0.2, -0.15) is 26.6 Å². The lowest BCUT2D eigenvalue weighted by atomic mass is 10.2. The number of anilines is 1. The van der Waals surface area contributed by atoms with Gasteiger partial charge in [0, 0.05) is 11.9 Å². The molecule has 6 N–H and O–H groups in total. The van der Waals surface area contributed by atoms with Crippen molar-refractivity contribution in [2.45, 2.75) is 31.3 Å². The molecule has 18 nitrogen and oxygen atoms in total. The van der Waals surface area contributed by atoms with E-state index < -0.39 is 88.7 Å². The van der Waals surface area contributed by atoms with Crippen LogP contribution in [0.3, 0.4) is 0 Å². The molecule has 0 amide bonds. The van der Waals surface area contributed by atoms with Gasteiger partial charge in [-0.3, -0.25) is 19.4 Å². The van der Waals surface area contributed by atoms with Crippen LogP contribution in [0.4, 0.5) is 27.6 Å². The Morgan fingerprint density at radius 1 is 0.966 bits per heavy atom. The van der Waals surface area contributed by atoms with Crippen LogP contribution in [0, 0.1) is 18.6 Å². The summed E-state index contributed by atoms with van der Waals surface area (Å²) in [7, 11) is -8.44. The number of fused-ring (bicyclic) bond motifs is 1. The largest absolute Gasteiger partial charge is 0.480 e. The topological polar surface area (TPSA) is 269 Å². The Balaban J connectivity index is 0.000000260. The molecule has 0 spiro atoms. The lowest BCUT2D eigenvalue weighted by molar-refractivity contribution is -0.146. The van der Waals surface area contributed by atoms with Gasteiger partial charge in [0.15, 0.2) is 6.10 Å². The summed E-state index contributed by atoms with van der Waals surface area (Å²) in [4.78, 5) is 56.7. The lowest BCUT2D eigenvalue weighted by Gasteiger charge is -2.13. The van der Waals surface area contributed by atoms with Gasteiger partial charge in [-0.25, -0.2) is 27.9 Å². The van der Waals surface area contributed by atoms with Crippen LogP contribution >= 0.6 is 30.8 Å². The maximum Gasteiger partial charge on any atom is 0.416 e. The first kappa shape index (κ1) is 47.9. The highest BCUT2D eigenvalue weighted by atomic mass is 35.5. The molecule has 59 heavy (non-hydrogen) atoms. The Labute approximate surface area is 338 Å². The fourth-order valence-electron chi connectivity index (χ4n) is 3.93. The Morgan fingerprint density at radius 3 is 2.17 bits per heavy atom. The number of nitrogens with zero attached hydrogens (tertiary/aromatic N) is 4. The second-order valence-corrected chi connectivity index (χ2v) is 15.4. The normalized spacial score (nSPS) is 12.0. The number of ether oxygens (including phenoxy) is 2. The molecule has 0 saturated heterocycles. The van der Waals surface area contributed by atoms with Crippen molar-refractivity contribution in [1.29, 1.82) is 0 Å². The molecule has 0 aliphatic carbocycles. The number of para-hydroxylation sites is 1. The molecule has 2 heterocycles. The molecular weight excluding hydrogens is 889 g/mol. The van der Waals surface area contributed by atoms with Crippen LogP contribution in [0.5, 0.6) is 11.5 Å². The number of aromatic nitrogens is 4. The number of carboxylic acids is 2. The molecule has 0 aliphatic rings. The van der Waals surface area contributed by atoms with Crippen molar-refractivity contribution in [3.63, 3.8) is 0 Å².